The first-order chi connectivity index (χ1) is 15.5. The van der Waals surface area contributed by atoms with Gasteiger partial charge >= 0.3 is 0 Å². The van der Waals surface area contributed by atoms with Gasteiger partial charge in [0, 0.05) is 18.9 Å². The smallest absolute Gasteiger partial charge is 0.163 e. The van der Waals surface area contributed by atoms with Crippen LogP contribution in [0.5, 0.6) is 0 Å². The lowest BCUT2D eigenvalue weighted by Crippen LogP contribution is -2.52. The van der Waals surface area contributed by atoms with E-state index in [9.17, 15) is 9.59 Å². The van der Waals surface area contributed by atoms with Gasteiger partial charge in [-0.05, 0) is 71.6 Å². The van der Waals surface area contributed by atoms with Crippen molar-refractivity contribution >= 4 is 11.6 Å². The number of hydrogen-bond donors (Lipinski definition) is 0. The molecular weight excluding hydrogens is 420 g/mol. The quantitative estimate of drug-likeness (QED) is 0.328. The van der Waals surface area contributed by atoms with Crippen molar-refractivity contribution < 1.29 is 28.5 Å². The van der Waals surface area contributed by atoms with Crippen LogP contribution in [0.2, 0.25) is 0 Å². The topological polar surface area (TPSA) is 71.1 Å². The number of allylic oxidation sites excluding steroid dienone is 1. The molecule has 0 N–H and O–H groups in total. The predicted molar refractivity (Wildman–Crippen MR) is 129 cm³/mol. The van der Waals surface area contributed by atoms with Gasteiger partial charge in [-0.1, -0.05) is 26.8 Å². The Morgan fingerprint density at radius 1 is 1.21 bits per heavy atom. The normalized spacial score (nSPS) is 26.2. The van der Waals surface area contributed by atoms with Crippen molar-refractivity contribution in [2.45, 2.75) is 117 Å². The van der Waals surface area contributed by atoms with Crippen LogP contribution in [0.15, 0.2) is 12.7 Å². The zero-order valence-electron chi connectivity index (χ0n) is 21.7. The summed E-state index contributed by atoms with van der Waals surface area (Å²) in [6, 6.07) is 0. The molecule has 2 aliphatic rings. The lowest BCUT2D eigenvalue weighted by molar-refractivity contribution is -0.289. The molecule has 33 heavy (non-hydrogen) atoms. The maximum absolute atomic E-state index is 14.1. The Kier molecular flexibility index (Phi) is 10.7. The van der Waals surface area contributed by atoms with Crippen molar-refractivity contribution in [1.82, 2.24) is 0 Å². The fourth-order valence-electron chi connectivity index (χ4n) is 5.02. The highest BCUT2D eigenvalue weighted by Gasteiger charge is 2.47. The molecule has 0 radical (unpaired) electrons. The standard InChI is InChI=1S/C27H46O6/c1-8-12-21(25(29)26(4,5)22-16-18-31-27(6,7)33-22)24(19(2)13-11-14-20(3)28)32-23-15-9-10-17-30-23/h8,19,21-24H,1,9-18H2,2-7H3. The summed E-state index contributed by atoms with van der Waals surface area (Å²) in [5.41, 5.74) is -0.705. The summed E-state index contributed by atoms with van der Waals surface area (Å²) in [7, 11) is 0. The Bertz CT molecular complexity index is 649. The molecule has 0 aliphatic carbocycles. The van der Waals surface area contributed by atoms with E-state index in [4.69, 9.17) is 18.9 Å². The van der Waals surface area contributed by atoms with Crippen molar-refractivity contribution in [2.75, 3.05) is 13.2 Å². The highest BCUT2D eigenvalue weighted by Crippen LogP contribution is 2.39. The number of Topliss-reactive ketones (excluding diaryl/α,β-unsaturated/α-hetero) is 2. The summed E-state index contributed by atoms with van der Waals surface area (Å²) in [4.78, 5) is 25.6. The molecule has 2 rings (SSSR count). The Morgan fingerprint density at radius 3 is 2.52 bits per heavy atom. The molecule has 6 heteroatoms. The van der Waals surface area contributed by atoms with E-state index in [0.29, 0.717) is 32.5 Å². The molecule has 5 atom stereocenters. The minimum atomic E-state index is -0.708. The molecular formula is C27H46O6. The van der Waals surface area contributed by atoms with Crippen LogP contribution in [0.1, 0.15) is 92.9 Å². The molecule has 2 aliphatic heterocycles. The van der Waals surface area contributed by atoms with Crippen molar-refractivity contribution in [3.63, 3.8) is 0 Å². The molecule has 0 bridgehead atoms. The van der Waals surface area contributed by atoms with Gasteiger partial charge in [0.1, 0.15) is 11.6 Å². The third-order valence-electron chi connectivity index (χ3n) is 7.05. The van der Waals surface area contributed by atoms with E-state index in [1.54, 1.807) is 6.92 Å². The second kappa shape index (κ2) is 12.6. The maximum Gasteiger partial charge on any atom is 0.163 e. The largest absolute Gasteiger partial charge is 0.353 e. The Labute approximate surface area is 200 Å². The second-order valence-electron chi connectivity index (χ2n) is 10.8. The van der Waals surface area contributed by atoms with Gasteiger partial charge in [0.05, 0.1) is 24.2 Å². The number of hydrogen-bond acceptors (Lipinski definition) is 6. The van der Waals surface area contributed by atoms with Gasteiger partial charge in [0.25, 0.3) is 0 Å². The van der Waals surface area contributed by atoms with E-state index < -0.39 is 11.2 Å². The fraction of sp³-hybridized carbons (Fsp3) is 0.852. The van der Waals surface area contributed by atoms with Crippen molar-refractivity contribution in [1.29, 1.82) is 0 Å². The maximum atomic E-state index is 14.1. The summed E-state index contributed by atoms with van der Waals surface area (Å²) in [5.74, 6) is -0.643. The van der Waals surface area contributed by atoms with Gasteiger partial charge in [-0.3, -0.25) is 4.79 Å². The molecule has 2 saturated heterocycles. The second-order valence-corrected chi connectivity index (χ2v) is 10.8. The summed E-state index contributed by atoms with van der Waals surface area (Å²) in [6.07, 6.45) is 7.28. The average molecular weight is 467 g/mol. The van der Waals surface area contributed by atoms with Crippen molar-refractivity contribution in [3.8, 4) is 0 Å². The van der Waals surface area contributed by atoms with E-state index in [1.807, 2.05) is 33.8 Å². The van der Waals surface area contributed by atoms with Gasteiger partial charge in [-0.25, -0.2) is 0 Å². The number of rotatable bonds is 13. The van der Waals surface area contributed by atoms with Gasteiger partial charge in [0.2, 0.25) is 0 Å². The molecule has 0 aromatic rings. The molecule has 2 fully saturated rings. The van der Waals surface area contributed by atoms with E-state index in [0.717, 1.165) is 32.1 Å². The summed E-state index contributed by atoms with van der Waals surface area (Å²) in [6.45, 7) is 16.7. The van der Waals surface area contributed by atoms with Crippen LogP contribution in [0.3, 0.4) is 0 Å². The molecule has 0 amide bonds. The first kappa shape index (κ1) is 28.2. The SMILES string of the molecule is C=CCC(C(=O)C(C)(C)C1CCOC(C)(C)O1)C(OC1CCCCO1)C(C)CCCC(C)=O. The molecule has 0 aromatic heterocycles. The van der Waals surface area contributed by atoms with Gasteiger partial charge < -0.3 is 23.7 Å². The minimum absolute atomic E-state index is 0.103. The Balaban J connectivity index is 2.26. The van der Waals surface area contributed by atoms with E-state index in [2.05, 4.69) is 13.5 Å². The third-order valence-corrected chi connectivity index (χ3v) is 7.05. The highest BCUT2D eigenvalue weighted by molar-refractivity contribution is 5.87. The van der Waals surface area contributed by atoms with Crippen LogP contribution in [-0.2, 0) is 28.5 Å². The van der Waals surface area contributed by atoms with Crippen LogP contribution in [0, 0.1) is 17.3 Å². The van der Waals surface area contributed by atoms with Crippen LogP contribution < -0.4 is 0 Å². The van der Waals surface area contributed by atoms with Gasteiger partial charge in [-0.15, -0.1) is 6.58 Å². The molecule has 0 saturated carbocycles. The zero-order valence-corrected chi connectivity index (χ0v) is 21.7. The molecule has 2 heterocycles. The first-order valence-corrected chi connectivity index (χ1v) is 12.7. The molecule has 5 unspecified atom stereocenters. The molecule has 0 spiro atoms. The molecule has 6 nitrogen and oxygen atoms in total. The predicted octanol–water partition coefficient (Wildman–Crippen LogP) is 5.62. The lowest BCUT2D eigenvalue weighted by atomic mass is 9.71. The average Bonchev–Trinajstić information content (AvgIpc) is 2.75. The van der Waals surface area contributed by atoms with E-state index in [-0.39, 0.29) is 41.9 Å². The third kappa shape index (κ3) is 8.27. The monoisotopic (exact) mass is 466 g/mol. The minimum Gasteiger partial charge on any atom is -0.353 e. The van der Waals surface area contributed by atoms with Crippen LogP contribution in [-0.4, -0.2) is 49.1 Å². The zero-order chi connectivity index (χ0) is 24.6. The van der Waals surface area contributed by atoms with Crippen LogP contribution in [0.4, 0.5) is 0 Å². The Hall–Kier alpha value is -1.08. The first-order valence-electron chi connectivity index (χ1n) is 12.7. The van der Waals surface area contributed by atoms with E-state index >= 15 is 0 Å². The molecule has 0 aromatic carbocycles. The number of carbonyl (C=O) groups is 2. The summed E-state index contributed by atoms with van der Waals surface area (Å²) in [5, 5.41) is 0. The van der Waals surface area contributed by atoms with E-state index in [1.165, 1.54) is 0 Å². The van der Waals surface area contributed by atoms with Gasteiger partial charge in [-0.2, -0.15) is 0 Å². The van der Waals surface area contributed by atoms with Crippen LogP contribution in [0.25, 0.3) is 0 Å². The number of ketones is 2. The highest BCUT2D eigenvalue weighted by atomic mass is 16.7. The summed E-state index contributed by atoms with van der Waals surface area (Å²) >= 11 is 0. The fourth-order valence-corrected chi connectivity index (χ4v) is 5.02. The van der Waals surface area contributed by atoms with Crippen molar-refractivity contribution in [3.05, 3.63) is 12.7 Å². The van der Waals surface area contributed by atoms with Crippen molar-refractivity contribution in [2.24, 2.45) is 17.3 Å². The summed E-state index contributed by atoms with van der Waals surface area (Å²) < 4.78 is 24.3. The lowest BCUT2D eigenvalue weighted by Gasteiger charge is -2.45. The van der Waals surface area contributed by atoms with Crippen LogP contribution >= 0.6 is 0 Å². The number of carbonyl (C=O) groups excluding carboxylic acids is 2. The number of ether oxygens (including phenoxy) is 4. The molecule has 190 valence electrons. The Morgan fingerprint density at radius 2 is 1.94 bits per heavy atom. The van der Waals surface area contributed by atoms with Gasteiger partial charge in [0.15, 0.2) is 12.1 Å².